The minimum absolute atomic E-state index is 0.0636. The lowest BCUT2D eigenvalue weighted by Gasteiger charge is -2.36. The van der Waals surface area contributed by atoms with Crippen molar-refractivity contribution in [3.8, 4) is 5.75 Å². The predicted octanol–water partition coefficient (Wildman–Crippen LogP) is 1.53. The van der Waals surface area contributed by atoms with Crippen molar-refractivity contribution in [2.24, 2.45) is 0 Å². The highest BCUT2D eigenvalue weighted by molar-refractivity contribution is 5.82. The van der Waals surface area contributed by atoms with Crippen molar-refractivity contribution >= 4 is 11.9 Å². The molecule has 1 aromatic carbocycles. The van der Waals surface area contributed by atoms with E-state index in [2.05, 4.69) is 26.1 Å². The Labute approximate surface area is 174 Å². The number of hydrogen-bond donors (Lipinski definition) is 2. The number of piperazine rings is 1. The van der Waals surface area contributed by atoms with E-state index in [1.807, 2.05) is 21.9 Å². The van der Waals surface area contributed by atoms with Gasteiger partial charge in [-0.1, -0.05) is 32.9 Å². The van der Waals surface area contributed by atoms with Crippen molar-refractivity contribution in [3.63, 3.8) is 0 Å². The lowest BCUT2D eigenvalue weighted by Crippen LogP contribution is -2.54. The fourth-order valence-corrected chi connectivity index (χ4v) is 3.60. The van der Waals surface area contributed by atoms with E-state index in [1.54, 1.807) is 20.0 Å². The zero-order valence-electron chi connectivity index (χ0n) is 18.3. The third-order valence-electron chi connectivity index (χ3n) is 5.30. The van der Waals surface area contributed by atoms with Gasteiger partial charge in [0, 0.05) is 26.2 Å². The smallest absolute Gasteiger partial charge is 0.320 e. The Morgan fingerprint density at radius 3 is 2.41 bits per heavy atom. The second-order valence-corrected chi connectivity index (χ2v) is 8.55. The molecule has 0 radical (unpaired) electrons. The fraction of sp³-hybridized carbons (Fsp3) is 0.636. The number of carbonyl (C=O) groups excluding carboxylic acids is 2. The van der Waals surface area contributed by atoms with Gasteiger partial charge in [0.05, 0.1) is 19.2 Å². The zero-order chi connectivity index (χ0) is 21.6. The summed E-state index contributed by atoms with van der Waals surface area (Å²) in [5.41, 5.74) is 1.72. The van der Waals surface area contributed by atoms with Crippen molar-refractivity contribution in [2.75, 3.05) is 46.4 Å². The maximum Gasteiger partial charge on any atom is 0.320 e. The minimum atomic E-state index is -0.330. The van der Waals surface area contributed by atoms with Crippen LogP contribution < -0.4 is 5.32 Å². The van der Waals surface area contributed by atoms with Crippen LogP contribution in [-0.4, -0.2) is 79.2 Å². The lowest BCUT2D eigenvalue weighted by molar-refractivity contribution is -0.145. The highest BCUT2D eigenvalue weighted by atomic mass is 16.5. The minimum Gasteiger partial charge on any atom is -0.508 e. The Morgan fingerprint density at radius 2 is 1.86 bits per heavy atom. The quantitative estimate of drug-likeness (QED) is 0.670. The standard InChI is InChI=1S/C22H35N3O4/c1-6-29-20(27)15-24-9-11-25(12-10-24)21(28)18(23-5)14-16-7-8-19(26)17(13-16)22(2,3)4/h7-8,13,18,23,26H,6,9-12,14-15H2,1-5H3/t18-/m0/s1. The van der Waals surface area contributed by atoms with Crippen molar-refractivity contribution < 1.29 is 19.4 Å². The van der Waals surface area contributed by atoms with Crippen LogP contribution in [0.2, 0.25) is 0 Å². The molecular weight excluding hydrogens is 370 g/mol. The summed E-state index contributed by atoms with van der Waals surface area (Å²) in [4.78, 5) is 28.5. The van der Waals surface area contributed by atoms with E-state index in [0.29, 0.717) is 39.2 Å². The molecule has 0 spiro atoms. The van der Waals surface area contributed by atoms with Crippen LogP contribution in [0, 0.1) is 0 Å². The fourth-order valence-electron chi connectivity index (χ4n) is 3.60. The molecule has 1 atom stereocenters. The van der Waals surface area contributed by atoms with Crippen molar-refractivity contribution in [1.82, 2.24) is 15.1 Å². The SMILES string of the molecule is CCOC(=O)CN1CCN(C(=O)[C@H](Cc2ccc(O)c(C(C)(C)C)c2)NC)CC1. The van der Waals surface area contributed by atoms with Crippen LogP contribution >= 0.6 is 0 Å². The largest absolute Gasteiger partial charge is 0.508 e. The molecule has 2 rings (SSSR count). The maximum absolute atomic E-state index is 13.0. The molecule has 0 aromatic heterocycles. The summed E-state index contributed by atoms with van der Waals surface area (Å²) in [6, 6.07) is 5.24. The molecule has 0 aliphatic carbocycles. The Bertz CT molecular complexity index is 706. The Morgan fingerprint density at radius 1 is 1.21 bits per heavy atom. The first-order chi connectivity index (χ1) is 13.7. The topological polar surface area (TPSA) is 82.1 Å². The molecule has 0 saturated carbocycles. The summed E-state index contributed by atoms with van der Waals surface area (Å²) in [6.07, 6.45) is 0.557. The summed E-state index contributed by atoms with van der Waals surface area (Å²) in [5.74, 6) is 0.127. The summed E-state index contributed by atoms with van der Waals surface area (Å²) in [5, 5.41) is 13.3. The van der Waals surface area contributed by atoms with E-state index in [4.69, 9.17) is 4.74 Å². The van der Waals surface area contributed by atoms with Gasteiger partial charge in [-0.05, 0) is 43.0 Å². The third kappa shape index (κ3) is 6.44. The van der Waals surface area contributed by atoms with Crippen LogP contribution in [0.4, 0.5) is 0 Å². The highest BCUT2D eigenvalue weighted by Gasteiger charge is 2.28. The molecule has 0 bridgehead atoms. The molecule has 2 N–H and O–H groups in total. The van der Waals surface area contributed by atoms with Gasteiger partial charge in [0.2, 0.25) is 5.91 Å². The number of likely N-dealkylation sites (N-methyl/N-ethyl adjacent to an activating group) is 1. The van der Waals surface area contributed by atoms with E-state index in [0.717, 1.165) is 11.1 Å². The predicted molar refractivity (Wildman–Crippen MR) is 113 cm³/mol. The van der Waals surface area contributed by atoms with Crippen molar-refractivity contribution in [3.05, 3.63) is 29.3 Å². The van der Waals surface area contributed by atoms with Crippen molar-refractivity contribution in [1.29, 1.82) is 0 Å². The van der Waals surface area contributed by atoms with Gasteiger partial charge in [-0.2, -0.15) is 0 Å². The van der Waals surface area contributed by atoms with Crippen LogP contribution in [0.25, 0.3) is 0 Å². The van der Waals surface area contributed by atoms with E-state index in [-0.39, 0.29) is 35.6 Å². The summed E-state index contributed by atoms with van der Waals surface area (Å²) in [6.45, 7) is 11.1. The zero-order valence-corrected chi connectivity index (χ0v) is 18.3. The number of nitrogens with zero attached hydrogens (tertiary/aromatic N) is 2. The average Bonchev–Trinajstić information content (AvgIpc) is 2.66. The number of aromatic hydroxyl groups is 1. The number of phenols is 1. The number of carbonyl (C=O) groups is 2. The molecular formula is C22H35N3O4. The van der Waals surface area contributed by atoms with Gasteiger partial charge in [-0.15, -0.1) is 0 Å². The van der Waals surface area contributed by atoms with Gasteiger partial charge in [0.25, 0.3) is 0 Å². The number of esters is 1. The Kier molecular flexibility index (Phi) is 8.05. The first-order valence-corrected chi connectivity index (χ1v) is 10.3. The number of phenolic OH excluding ortho intramolecular Hbond substituents is 1. The number of rotatable bonds is 7. The van der Waals surface area contributed by atoms with Gasteiger partial charge in [0.15, 0.2) is 0 Å². The Balaban J connectivity index is 1.97. The van der Waals surface area contributed by atoms with E-state index >= 15 is 0 Å². The van der Waals surface area contributed by atoms with Gasteiger partial charge in [-0.25, -0.2) is 0 Å². The molecule has 1 amide bonds. The number of amides is 1. The summed E-state index contributed by atoms with van der Waals surface area (Å²) >= 11 is 0. The average molecular weight is 406 g/mol. The molecule has 7 nitrogen and oxygen atoms in total. The van der Waals surface area contributed by atoms with Crippen LogP contribution in [-0.2, 0) is 26.2 Å². The van der Waals surface area contributed by atoms with Gasteiger partial charge in [0.1, 0.15) is 5.75 Å². The van der Waals surface area contributed by atoms with Crippen molar-refractivity contribution in [2.45, 2.75) is 45.6 Å². The molecule has 162 valence electrons. The van der Waals surface area contributed by atoms with Crippen LogP contribution in [0.15, 0.2) is 18.2 Å². The van der Waals surface area contributed by atoms with E-state index < -0.39 is 0 Å². The molecule has 1 heterocycles. The molecule has 29 heavy (non-hydrogen) atoms. The first kappa shape index (κ1) is 23.2. The van der Waals surface area contributed by atoms with E-state index in [1.165, 1.54) is 0 Å². The van der Waals surface area contributed by atoms with Gasteiger partial charge < -0.3 is 20.1 Å². The normalized spacial score (nSPS) is 16.5. The number of nitrogens with one attached hydrogen (secondary N) is 1. The van der Waals surface area contributed by atoms with Gasteiger partial charge >= 0.3 is 5.97 Å². The summed E-state index contributed by atoms with van der Waals surface area (Å²) in [7, 11) is 1.80. The number of ether oxygens (including phenoxy) is 1. The van der Waals surface area contributed by atoms with Gasteiger partial charge in [-0.3, -0.25) is 14.5 Å². The van der Waals surface area contributed by atoms with Crippen LogP contribution in [0.3, 0.4) is 0 Å². The second kappa shape index (κ2) is 10.1. The molecule has 1 saturated heterocycles. The third-order valence-corrected chi connectivity index (χ3v) is 5.30. The molecule has 1 aromatic rings. The second-order valence-electron chi connectivity index (χ2n) is 8.55. The summed E-state index contributed by atoms with van der Waals surface area (Å²) < 4.78 is 4.99. The molecule has 1 aliphatic rings. The monoisotopic (exact) mass is 405 g/mol. The first-order valence-electron chi connectivity index (χ1n) is 10.3. The molecule has 0 unspecified atom stereocenters. The van der Waals surface area contributed by atoms with Crippen LogP contribution in [0.1, 0.15) is 38.8 Å². The molecule has 1 aliphatic heterocycles. The van der Waals surface area contributed by atoms with E-state index in [9.17, 15) is 14.7 Å². The molecule has 7 heteroatoms. The van der Waals surface area contributed by atoms with Crippen LogP contribution in [0.5, 0.6) is 5.75 Å². The number of hydrogen-bond acceptors (Lipinski definition) is 6. The number of benzene rings is 1. The molecule has 1 fully saturated rings. The Hall–Kier alpha value is -2.12. The highest BCUT2D eigenvalue weighted by Crippen LogP contribution is 2.31. The maximum atomic E-state index is 13.0. The lowest BCUT2D eigenvalue weighted by atomic mass is 9.84.